The summed E-state index contributed by atoms with van der Waals surface area (Å²) in [6.07, 6.45) is 9.64. The lowest BCUT2D eigenvalue weighted by atomic mass is 9.96. The molecule has 1 atom stereocenters. The molecule has 0 saturated carbocycles. The zero-order valence-electron chi connectivity index (χ0n) is 15.5. The second-order valence-corrected chi connectivity index (χ2v) is 8.82. The summed E-state index contributed by atoms with van der Waals surface area (Å²) in [5.41, 5.74) is 4.51. The van der Waals surface area contributed by atoms with Gasteiger partial charge in [0.1, 0.15) is 0 Å². The van der Waals surface area contributed by atoms with Gasteiger partial charge in [-0.2, -0.15) is 0 Å². The molecule has 0 radical (unpaired) electrons. The standard InChI is InChI=1S/C21H25ClO3S/c1-5-7-17(14-21(22)15(2)25-3)20-9-6-8-19(20)16-10-12-18(13-11-16)26(4,23)24/h5,7,10-15H,1,6,8-9H2,2-4H3/b17-7+,21-14+. The van der Waals surface area contributed by atoms with Crippen LogP contribution in [0, 0.1) is 0 Å². The molecule has 26 heavy (non-hydrogen) atoms. The first-order valence-corrected chi connectivity index (χ1v) is 10.8. The Morgan fingerprint density at radius 1 is 1.27 bits per heavy atom. The van der Waals surface area contributed by atoms with E-state index in [-0.39, 0.29) is 6.10 Å². The van der Waals surface area contributed by atoms with Crippen LogP contribution in [0.3, 0.4) is 0 Å². The van der Waals surface area contributed by atoms with Gasteiger partial charge in [0.15, 0.2) is 9.84 Å². The summed E-state index contributed by atoms with van der Waals surface area (Å²) in [7, 11) is -1.57. The van der Waals surface area contributed by atoms with Crippen molar-refractivity contribution in [2.45, 2.75) is 37.2 Å². The Hall–Kier alpha value is -1.62. The highest BCUT2D eigenvalue weighted by Crippen LogP contribution is 2.39. The third-order valence-electron chi connectivity index (χ3n) is 4.53. The van der Waals surface area contributed by atoms with Crippen molar-refractivity contribution in [3.05, 3.63) is 70.8 Å². The zero-order chi connectivity index (χ0) is 19.3. The Labute approximate surface area is 161 Å². The molecule has 0 aliphatic heterocycles. The van der Waals surface area contributed by atoms with Gasteiger partial charge in [0.2, 0.25) is 0 Å². The molecule has 2 rings (SSSR count). The predicted molar refractivity (Wildman–Crippen MR) is 109 cm³/mol. The molecule has 0 bridgehead atoms. The average Bonchev–Trinajstić information content (AvgIpc) is 3.09. The lowest BCUT2D eigenvalue weighted by Gasteiger charge is -2.13. The Kier molecular flexibility index (Phi) is 7.04. The van der Waals surface area contributed by atoms with Crippen LogP contribution in [0.5, 0.6) is 0 Å². The molecule has 0 N–H and O–H groups in total. The highest BCUT2D eigenvalue weighted by atomic mass is 35.5. The third-order valence-corrected chi connectivity index (χ3v) is 6.07. The molecule has 1 aliphatic rings. The maximum absolute atomic E-state index is 11.7. The molecule has 0 saturated heterocycles. The summed E-state index contributed by atoms with van der Waals surface area (Å²) in [5, 5.41) is 0.631. The van der Waals surface area contributed by atoms with Crippen molar-refractivity contribution in [3.63, 3.8) is 0 Å². The minimum Gasteiger partial charge on any atom is -0.376 e. The molecule has 0 spiro atoms. The van der Waals surface area contributed by atoms with E-state index in [0.29, 0.717) is 9.93 Å². The fourth-order valence-corrected chi connectivity index (χ4v) is 3.86. The number of rotatable bonds is 7. The van der Waals surface area contributed by atoms with E-state index in [9.17, 15) is 8.42 Å². The van der Waals surface area contributed by atoms with Crippen LogP contribution in [0.2, 0.25) is 0 Å². The first-order chi connectivity index (χ1) is 12.3. The fourth-order valence-electron chi connectivity index (χ4n) is 3.03. The second-order valence-electron chi connectivity index (χ2n) is 6.37. The molecule has 0 aromatic heterocycles. The Balaban J connectivity index is 2.47. The number of benzene rings is 1. The molecule has 1 aromatic carbocycles. The van der Waals surface area contributed by atoms with Crippen LogP contribution in [0.25, 0.3) is 5.57 Å². The van der Waals surface area contributed by atoms with Gasteiger partial charge >= 0.3 is 0 Å². The van der Waals surface area contributed by atoms with Crippen LogP contribution in [0.1, 0.15) is 31.7 Å². The summed E-state index contributed by atoms with van der Waals surface area (Å²) < 4.78 is 28.6. The van der Waals surface area contributed by atoms with Crippen LogP contribution in [0.4, 0.5) is 0 Å². The van der Waals surface area contributed by atoms with Crippen molar-refractivity contribution in [2.24, 2.45) is 0 Å². The SMILES string of the molecule is C=C/C=C(\C=C(\Cl)C(C)OC)C1=C(c2ccc(S(C)(=O)=O)cc2)CCC1. The third kappa shape index (κ3) is 4.97. The fraction of sp³-hybridized carbons (Fsp3) is 0.333. The van der Waals surface area contributed by atoms with Crippen molar-refractivity contribution in [1.82, 2.24) is 0 Å². The average molecular weight is 393 g/mol. The summed E-state index contributed by atoms with van der Waals surface area (Å²) in [4.78, 5) is 0.333. The topological polar surface area (TPSA) is 43.4 Å². The first-order valence-electron chi connectivity index (χ1n) is 8.53. The summed E-state index contributed by atoms with van der Waals surface area (Å²) >= 11 is 6.38. The van der Waals surface area contributed by atoms with E-state index in [1.165, 1.54) is 17.4 Å². The zero-order valence-corrected chi connectivity index (χ0v) is 17.0. The molecule has 140 valence electrons. The molecule has 3 nitrogen and oxygen atoms in total. The molecule has 0 amide bonds. The lowest BCUT2D eigenvalue weighted by molar-refractivity contribution is 0.153. The van der Waals surface area contributed by atoms with Crippen LogP contribution in [-0.2, 0) is 14.6 Å². The maximum Gasteiger partial charge on any atom is 0.175 e. The van der Waals surface area contributed by atoms with E-state index >= 15 is 0 Å². The van der Waals surface area contributed by atoms with Gasteiger partial charge in [-0.25, -0.2) is 8.42 Å². The van der Waals surface area contributed by atoms with Crippen molar-refractivity contribution < 1.29 is 13.2 Å². The van der Waals surface area contributed by atoms with E-state index < -0.39 is 9.84 Å². The number of sulfone groups is 1. The first kappa shape index (κ1) is 20.7. The normalized spacial score (nSPS) is 17.5. The van der Waals surface area contributed by atoms with Gasteiger partial charge in [-0.15, -0.1) is 0 Å². The number of allylic oxidation sites excluding steroid dienone is 6. The second kappa shape index (κ2) is 8.85. The molecule has 0 heterocycles. The minimum atomic E-state index is -3.19. The van der Waals surface area contributed by atoms with Gasteiger partial charge in [0.25, 0.3) is 0 Å². The van der Waals surface area contributed by atoms with Crippen LogP contribution in [0.15, 0.2) is 70.1 Å². The van der Waals surface area contributed by atoms with E-state index in [4.69, 9.17) is 16.3 Å². The quantitative estimate of drug-likeness (QED) is 0.591. The van der Waals surface area contributed by atoms with Crippen molar-refractivity contribution in [1.29, 1.82) is 0 Å². The van der Waals surface area contributed by atoms with Crippen LogP contribution < -0.4 is 0 Å². The molecular formula is C21H25ClO3S. The maximum atomic E-state index is 11.7. The molecular weight excluding hydrogens is 368 g/mol. The van der Waals surface area contributed by atoms with E-state index in [1.807, 2.05) is 31.2 Å². The number of ether oxygens (including phenoxy) is 1. The van der Waals surface area contributed by atoms with Crippen molar-refractivity contribution in [2.75, 3.05) is 13.4 Å². The van der Waals surface area contributed by atoms with Crippen LogP contribution >= 0.6 is 11.6 Å². The number of halogens is 1. The Morgan fingerprint density at radius 3 is 2.46 bits per heavy atom. The van der Waals surface area contributed by atoms with Crippen molar-refractivity contribution in [3.8, 4) is 0 Å². The van der Waals surface area contributed by atoms with E-state index in [0.717, 1.165) is 30.4 Å². The van der Waals surface area contributed by atoms with E-state index in [2.05, 4.69) is 6.58 Å². The number of hydrogen-bond donors (Lipinski definition) is 0. The molecule has 1 aliphatic carbocycles. The Bertz CT molecular complexity index is 859. The largest absolute Gasteiger partial charge is 0.376 e. The van der Waals surface area contributed by atoms with Gasteiger partial charge in [-0.3, -0.25) is 0 Å². The summed E-state index contributed by atoms with van der Waals surface area (Å²) in [6.45, 7) is 5.71. The molecule has 1 unspecified atom stereocenters. The van der Waals surface area contributed by atoms with E-state index in [1.54, 1.807) is 25.3 Å². The van der Waals surface area contributed by atoms with Gasteiger partial charge in [0, 0.05) is 18.4 Å². The van der Waals surface area contributed by atoms with Crippen LogP contribution in [-0.4, -0.2) is 27.9 Å². The lowest BCUT2D eigenvalue weighted by Crippen LogP contribution is -2.05. The van der Waals surface area contributed by atoms with Crippen molar-refractivity contribution >= 4 is 27.0 Å². The van der Waals surface area contributed by atoms with Gasteiger partial charge in [-0.05, 0) is 66.7 Å². The molecule has 1 aromatic rings. The smallest absolute Gasteiger partial charge is 0.175 e. The monoisotopic (exact) mass is 392 g/mol. The Morgan fingerprint density at radius 2 is 1.92 bits per heavy atom. The highest BCUT2D eigenvalue weighted by molar-refractivity contribution is 7.90. The predicted octanol–water partition coefficient (Wildman–Crippen LogP) is 5.30. The van der Waals surface area contributed by atoms with Gasteiger partial charge < -0.3 is 4.74 Å². The number of methoxy groups -OCH3 is 1. The molecule has 0 fully saturated rings. The molecule has 5 heteroatoms. The summed E-state index contributed by atoms with van der Waals surface area (Å²) in [6, 6.07) is 7.10. The van der Waals surface area contributed by atoms with Gasteiger partial charge in [0.05, 0.1) is 11.0 Å². The minimum absolute atomic E-state index is 0.177. The van der Waals surface area contributed by atoms with Gasteiger partial charge in [-0.1, -0.05) is 42.5 Å². The number of hydrogen-bond acceptors (Lipinski definition) is 3. The summed E-state index contributed by atoms with van der Waals surface area (Å²) in [5.74, 6) is 0. The highest BCUT2D eigenvalue weighted by Gasteiger charge is 2.19.